The van der Waals surface area contributed by atoms with E-state index in [1.807, 2.05) is 0 Å². The van der Waals surface area contributed by atoms with Gasteiger partial charge in [0.25, 0.3) is 0 Å². The first-order valence-corrected chi connectivity index (χ1v) is 6.68. The van der Waals surface area contributed by atoms with Crippen LogP contribution < -0.4 is 5.32 Å². The highest BCUT2D eigenvalue weighted by molar-refractivity contribution is 5.23. The molecule has 3 rings (SSSR count). The Labute approximate surface area is 98.3 Å². The monoisotopic (exact) mass is 215 g/mol. The van der Waals surface area contributed by atoms with Crippen molar-refractivity contribution in [3.05, 3.63) is 35.9 Å². The summed E-state index contributed by atoms with van der Waals surface area (Å²) in [5.41, 5.74) is 2.02. The predicted molar refractivity (Wildman–Crippen MR) is 67.6 cm³/mol. The second kappa shape index (κ2) is 4.21. The first-order chi connectivity index (χ1) is 7.88. The van der Waals surface area contributed by atoms with Crippen molar-refractivity contribution in [1.82, 2.24) is 5.32 Å². The number of nitrogens with one attached hydrogen (secondary N) is 1. The van der Waals surface area contributed by atoms with Gasteiger partial charge in [-0.1, -0.05) is 49.6 Å². The summed E-state index contributed by atoms with van der Waals surface area (Å²) in [6, 6.07) is 11.0. The van der Waals surface area contributed by atoms with Gasteiger partial charge in [-0.3, -0.25) is 0 Å². The highest BCUT2D eigenvalue weighted by Gasteiger charge is 2.39. The fourth-order valence-corrected chi connectivity index (χ4v) is 3.53. The average molecular weight is 215 g/mol. The van der Waals surface area contributed by atoms with E-state index in [-0.39, 0.29) is 0 Å². The Kier molecular flexibility index (Phi) is 2.72. The van der Waals surface area contributed by atoms with Gasteiger partial charge in [-0.15, -0.1) is 0 Å². The normalized spacial score (nSPS) is 28.4. The molecule has 16 heavy (non-hydrogen) atoms. The largest absolute Gasteiger partial charge is 0.311 e. The molecule has 0 amide bonds. The quantitative estimate of drug-likeness (QED) is 0.756. The van der Waals surface area contributed by atoms with Crippen molar-refractivity contribution >= 4 is 0 Å². The lowest BCUT2D eigenvalue weighted by Crippen LogP contribution is -2.41. The van der Waals surface area contributed by atoms with Crippen LogP contribution in [0.25, 0.3) is 0 Å². The zero-order chi connectivity index (χ0) is 10.8. The van der Waals surface area contributed by atoms with Gasteiger partial charge >= 0.3 is 0 Å². The third kappa shape index (κ3) is 1.89. The summed E-state index contributed by atoms with van der Waals surface area (Å²) in [6.07, 6.45) is 8.45. The smallest absolute Gasteiger partial charge is 0.0188 e. The Morgan fingerprint density at radius 2 is 1.75 bits per heavy atom. The molecule has 1 spiro atoms. The molecule has 1 aromatic carbocycles. The van der Waals surface area contributed by atoms with Crippen LogP contribution in [0.4, 0.5) is 0 Å². The number of hydrogen-bond acceptors (Lipinski definition) is 1. The molecule has 86 valence electrons. The molecule has 2 aliphatic rings. The Morgan fingerprint density at radius 1 is 1.00 bits per heavy atom. The highest BCUT2D eigenvalue weighted by atomic mass is 15.0. The van der Waals surface area contributed by atoms with Crippen molar-refractivity contribution in [3.8, 4) is 0 Å². The standard InChI is InChI=1S/C15H21N/c1-3-7-13(8-4-1)14-11-15(16-12-14)9-5-2-6-10-15/h1,3-4,7-8,14,16H,2,5-6,9-12H2/t14-/m0/s1. The molecule has 0 unspecified atom stereocenters. The van der Waals surface area contributed by atoms with Crippen molar-refractivity contribution in [3.63, 3.8) is 0 Å². The van der Waals surface area contributed by atoms with Gasteiger partial charge in [0.15, 0.2) is 0 Å². The minimum Gasteiger partial charge on any atom is -0.311 e. The van der Waals surface area contributed by atoms with Crippen LogP contribution in [0, 0.1) is 0 Å². The third-order valence-electron chi connectivity index (χ3n) is 4.44. The molecule has 1 N–H and O–H groups in total. The predicted octanol–water partition coefficient (Wildman–Crippen LogP) is 3.47. The van der Waals surface area contributed by atoms with Crippen LogP contribution in [0.15, 0.2) is 30.3 Å². The lowest BCUT2D eigenvalue weighted by atomic mass is 9.78. The van der Waals surface area contributed by atoms with E-state index in [0.717, 1.165) is 5.92 Å². The summed E-state index contributed by atoms with van der Waals surface area (Å²) in [6.45, 7) is 1.18. The molecule has 0 bridgehead atoms. The molecule has 1 heteroatoms. The molecule has 1 nitrogen and oxygen atoms in total. The molecule has 1 saturated heterocycles. The highest BCUT2D eigenvalue weighted by Crippen LogP contribution is 2.40. The van der Waals surface area contributed by atoms with Gasteiger partial charge in [0.05, 0.1) is 0 Å². The van der Waals surface area contributed by atoms with E-state index in [0.29, 0.717) is 5.54 Å². The van der Waals surface area contributed by atoms with E-state index in [4.69, 9.17) is 0 Å². The van der Waals surface area contributed by atoms with Crippen molar-refractivity contribution in [2.24, 2.45) is 0 Å². The summed E-state index contributed by atoms with van der Waals surface area (Å²) < 4.78 is 0. The first-order valence-electron chi connectivity index (χ1n) is 6.68. The number of hydrogen-bond donors (Lipinski definition) is 1. The van der Waals surface area contributed by atoms with Crippen LogP contribution in [0.5, 0.6) is 0 Å². The van der Waals surface area contributed by atoms with Gasteiger partial charge in [0, 0.05) is 12.1 Å². The van der Waals surface area contributed by atoms with Gasteiger partial charge in [-0.25, -0.2) is 0 Å². The summed E-state index contributed by atoms with van der Waals surface area (Å²) in [7, 11) is 0. The molecule has 0 radical (unpaired) electrons. The van der Waals surface area contributed by atoms with E-state index in [2.05, 4.69) is 35.6 Å². The minimum absolute atomic E-state index is 0.499. The molecule has 1 aliphatic heterocycles. The van der Waals surface area contributed by atoms with Gasteiger partial charge in [-0.05, 0) is 30.7 Å². The van der Waals surface area contributed by atoms with Crippen LogP contribution in [0.1, 0.15) is 50.0 Å². The Balaban J connectivity index is 1.73. The maximum atomic E-state index is 3.82. The Hall–Kier alpha value is -0.820. The van der Waals surface area contributed by atoms with Crippen molar-refractivity contribution in [2.45, 2.75) is 50.0 Å². The number of benzene rings is 1. The third-order valence-corrected chi connectivity index (χ3v) is 4.44. The van der Waals surface area contributed by atoms with Gasteiger partial charge < -0.3 is 5.32 Å². The van der Waals surface area contributed by atoms with Crippen LogP contribution >= 0.6 is 0 Å². The molecule has 1 heterocycles. The average Bonchev–Trinajstić information content (AvgIpc) is 2.75. The fraction of sp³-hybridized carbons (Fsp3) is 0.600. The zero-order valence-corrected chi connectivity index (χ0v) is 9.91. The molecular weight excluding hydrogens is 194 g/mol. The lowest BCUT2D eigenvalue weighted by Gasteiger charge is -2.33. The first kappa shape index (κ1) is 10.3. The van der Waals surface area contributed by atoms with Gasteiger partial charge in [0.2, 0.25) is 0 Å². The van der Waals surface area contributed by atoms with E-state index >= 15 is 0 Å². The SMILES string of the molecule is c1ccc([C@@H]2CNC3(CCCCC3)C2)cc1. The van der Waals surface area contributed by atoms with Crippen LogP contribution in [-0.4, -0.2) is 12.1 Å². The van der Waals surface area contributed by atoms with E-state index in [1.165, 1.54) is 50.6 Å². The van der Waals surface area contributed by atoms with Crippen molar-refractivity contribution in [2.75, 3.05) is 6.54 Å². The summed E-state index contributed by atoms with van der Waals surface area (Å²) in [4.78, 5) is 0. The maximum Gasteiger partial charge on any atom is 0.0188 e. The lowest BCUT2D eigenvalue weighted by molar-refractivity contribution is 0.262. The van der Waals surface area contributed by atoms with Crippen LogP contribution in [-0.2, 0) is 0 Å². The second-order valence-electron chi connectivity index (χ2n) is 5.53. The molecular formula is C15H21N. The van der Waals surface area contributed by atoms with Crippen molar-refractivity contribution < 1.29 is 0 Å². The van der Waals surface area contributed by atoms with Crippen molar-refractivity contribution in [1.29, 1.82) is 0 Å². The van der Waals surface area contributed by atoms with E-state index in [1.54, 1.807) is 0 Å². The Morgan fingerprint density at radius 3 is 2.50 bits per heavy atom. The van der Waals surface area contributed by atoms with E-state index < -0.39 is 0 Å². The Bertz CT molecular complexity index is 338. The zero-order valence-electron chi connectivity index (χ0n) is 9.91. The van der Waals surface area contributed by atoms with Crippen LogP contribution in [0.2, 0.25) is 0 Å². The van der Waals surface area contributed by atoms with Crippen LogP contribution in [0.3, 0.4) is 0 Å². The maximum absolute atomic E-state index is 3.82. The minimum atomic E-state index is 0.499. The summed E-state index contributed by atoms with van der Waals surface area (Å²) in [5, 5.41) is 3.82. The number of rotatable bonds is 1. The molecule has 1 atom stereocenters. The molecule has 0 aromatic heterocycles. The fourth-order valence-electron chi connectivity index (χ4n) is 3.53. The molecule has 1 aliphatic carbocycles. The second-order valence-corrected chi connectivity index (χ2v) is 5.53. The van der Waals surface area contributed by atoms with E-state index in [9.17, 15) is 0 Å². The van der Waals surface area contributed by atoms with Gasteiger partial charge in [-0.2, -0.15) is 0 Å². The summed E-state index contributed by atoms with van der Waals surface area (Å²) in [5.74, 6) is 0.749. The summed E-state index contributed by atoms with van der Waals surface area (Å²) >= 11 is 0. The molecule has 2 fully saturated rings. The topological polar surface area (TPSA) is 12.0 Å². The molecule has 1 saturated carbocycles. The van der Waals surface area contributed by atoms with Gasteiger partial charge in [0.1, 0.15) is 0 Å². The molecule has 1 aromatic rings.